The van der Waals surface area contributed by atoms with Crippen LogP contribution in [0.4, 0.5) is 0 Å². The van der Waals surface area contributed by atoms with Crippen molar-refractivity contribution in [3.05, 3.63) is 36.1 Å². The summed E-state index contributed by atoms with van der Waals surface area (Å²) in [6, 6.07) is 10.2. The van der Waals surface area contributed by atoms with E-state index in [1.165, 1.54) is 0 Å². The van der Waals surface area contributed by atoms with Crippen LogP contribution in [0.3, 0.4) is 0 Å². The van der Waals surface area contributed by atoms with Crippen LogP contribution >= 0.6 is 0 Å². The summed E-state index contributed by atoms with van der Waals surface area (Å²) in [5.74, 6) is 0.597. The second kappa shape index (κ2) is 4.17. The average Bonchev–Trinajstić information content (AvgIpc) is 2.46. The van der Waals surface area contributed by atoms with Crippen molar-refractivity contribution in [2.45, 2.75) is 6.61 Å². The summed E-state index contributed by atoms with van der Waals surface area (Å²) in [5.41, 5.74) is 0.799. The first kappa shape index (κ1) is 9.91. The van der Waals surface area contributed by atoms with Crippen molar-refractivity contribution in [2.24, 2.45) is 0 Å². The van der Waals surface area contributed by atoms with Gasteiger partial charge in [-0.1, -0.05) is 11.5 Å². The van der Waals surface area contributed by atoms with E-state index in [0.29, 0.717) is 5.76 Å². The number of furan rings is 1. The van der Waals surface area contributed by atoms with Crippen LogP contribution in [0.25, 0.3) is 11.0 Å². The number of rotatable bonds is 1. The molecule has 1 aromatic carbocycles. The largest absolute Gasteiger partial charge is 0.485 e. The van der Waals surface area contributed by atoms with Gasteiger partial charge in [-0.3, -0.25) is 0 Å². The fraction of sp³-hybridized carbons (Fsp3) is 0.111. The fourth-order valence-electron chi connectivity index (χ4n) is 1.06. The Balaban J connectivity index is 0.000000720. The summed E-state index contributed by atoms with van der Waals surface area (Å²) in [7, 11) is 0. The van der Waals surface area contributed by atoms with Gasteiger partial charge in [0.15, 0.2) is 0 Å². The molecule has 59 valence electrons. The Bertz CT molecular complexity index is 334. The van der Waals surface area contributed by atoms with Crippen LogP contribution in [0, 0.1) is 6.07 Å². The van der Waals surface area contributed by atoms with Gasteiger partial charge in [0.1, 0.15) is 5.76 Å². The molecule has 0 saturated carbocycles. The van der Waals surface area contributed by atoms with Gasteiger partial charge in [-0.25, -0.2) is 0 Å². The molecule has 1 aromatic heterocycles. The predicted octanol–water partition coefficient (Wildman–Crippen LogP) is 1.72. The Morgan fingerprint density at radius 1 is 1.50 bits per heavy atom. The normalized spacial score (nSPS) is 9.75. The fourth-order valence-corrected chi connectivity index (χ4v) is 1.06. The number of aliphatic hydroxyl groups excluding tert-OH is 1. The van der Waals surface area contributed by atoms with E-state index in [1.54, 1.807) is 6.07 Å². The molecule has 2 nitrogen and oxygen atoms in total. The van der Waals surface area contributed by atoms with Gasteiger partial charge in [-0.05, 0) is 0 Å². The Labute approximate surface area is 95.5 Å². The molecule has 12 heavy (non-hydrogen) atoms. The summed E-state index contributed by atoms with van der Waals surface area (Å²) in [4.78, 5) is 0. The predicted molar refractivity (Wildman–Crippen MR) is 41.0 cm³/mol. The van der Waals surface area contributed by atoms with Gasteiger partial charge in [-0.2, -0.15) is 18.2 Å². The molecule has 3 heteroatoms. The van der Waals surface area contributed by atoms with E-state index in [-0.39, 0.29) is 39.3 Å². The number of hydrogen-bond acceptors (Lipinski definition) is 2. The zero-order valence-corrected chi connectivity index (χ0v) is 9.29. The number of aliphatic hydroxyl groups is 1. The zero-order chi connectivity index (χ0) is 7.68. The topological polar surface area (TPSA) is 33.4 Å². The number of fused-ring (bicyclic) bond motifs is 1. The summed E-state index contributed by atoms with van der Waals surface area (Å²) in [6.45, 7) is -0.0469. The van der Waals surface area contributed by atoms with Gasteiger partial charge in [0.2, 0.25) is 0 Å². The second-order valence-electron chi connectivity index (χ2n) is 2.33. The van der Waals surface area contributed by atoms with Crippen LogP contribution in [0.15, 0.2) is 28.7 Å². The molecule has 2 rings (SSSR count). The molecular formula is C9H7O2Y-. The first-order chi connectivity index (χ1) is 5.40. The molecule has 1 N–H and O–H groups in total. The van der Waals surface area contributed by atoms with E-state index in [1.807, 2.05) is 18.2 Å². The quantitative estimate of drug-likeness (QED) is 0.765. The summed E-state index contributed by atoms with van der Waals surface area (Å²) in [6.07, 6.45) is 0. The van der Waals surface area contributed by atoms with Crippen LogP contribution in [-0.2, 0) is 39.3 Å². The first-order valence-electron chi connectivity index (χ1n) is 3.39. The molecule has 0 saturated heterocycles. The molecule has 0 aliphatic rings. The molecule has 0 unspecified atom stereocenters. The zero-order valence-electron chi connectivity index (χ0n) is 6.45. The van der Waals surface area contributed by atoms with Crippen molar-refractivity contribution in [1.82, 2.24) is 0 Å². The molecule has 0 aliphatic heterocycles. The maximum absolute atomic E-state index is 8.73. The summed E-state index contributed by atoms with van der Waals surface area (Å²) < 4.78 is 5.25. The third-order valence-electron chi connectivity index (χ3n) is 1.57. The maximum Gasteiger partial charge on any atom is 0.115 e. The van der Waals surface area contributed by atoms with Gasteiger partial charge in [0.25, 0.3) is 0 Å². The van der Waals surface area contributed by atoms with E-state index >= 15 is 0 Å². The Morgan fingerprint density at radius 3 is 3.00 bits per heavy atom. The summed E-state index contributed by atoms with van der Waals surface area (Å²) in [5, 5.41) is 9.72. The van der Waals surface area contributed by atoms with Crippen molar-refractivity contribution in [3.8, 4) is 0 Å². The Hall–Kier alpha value is -0.176. The van der Waals surface area contributed by atoms with Crippen LogP contribution < -0.4 is 0 Å². The minimum absolute atomic E-state index is 0. The van der Waals surface area contributed by atoms with E-state index in [2.05, 4.69) is 6.07 Å². The van der Waals surface area contributed by atoms with Gasteiger partial charge in [-0.15, -0.1) is 6.07 Å². The second-order valence-corrected chi connectivity index (χ2v) is 2.33. The van der Waals surface area contributed by atoms with E-state index in [9.17, 15) is 0 Å². The first-order valence-corrected chi connectivity index (χ1v) is 3.39. The minimum atomic E-state index is -0.0469. The van der Waals surface area contributed by atoms with Crippen LogP contribution in [0.2, 0.25) is 0 Å². The third kappa shape index (κ3) is 1.76. The van der Waals surface area contributed by atoms with Crippen molar-refractivity contribution < 1.29 is 42.2 Å². The van der Waals surface area contributed by atoms with Crippen molar-refractivity contribution in [1.29, 1.82) is 0 Å². The monoisotopic (exact) mass is 236 g/mol. The van der Waals surface area contributed by atoms with Gasteiger partial charge in [0.05, 0.1) is 6.61 Å². The van der Waals surface area contributed by atoms with E-state index < -0.39 is 0 Å². The van der Waals surface area contributed by atoms with E-state index in [4.69, 9.17) is 9.52 Å². The van der Waals surface area contributed by atoms with E-state index in [0.717, 1.165) is 11.0 Å². The van der Waals surface area contributed by atoms with Crippen molar-refractivity contribution >= 4 is 11.0 Å². The Kier molecular flexibility index (Phi) is 3.44. The number of hydrogen-bond donors (Lipinski definition) is 1. The smallest absolute Gasteiger partial charge is 0.115 e. The number of benzene rings is 1. The van der Waals surface area contributed by atoms with Gasteiger partial charge in [0, 0.05) is 38.3 Å². The molecule has 0 aliphatic carbocycles. The molecule has 0 atom stereocenters. The molecule has 0 spiro atoms. The maximum atomic E-state index is 8.73. The molecular weight excluding hydrogens is 229 g/mol. The van der Waals surface area contributed by atoms with Gasteiger partial charge < -0.3 is 9.52 Å². The molecule has 0 amide bonds. The average molecular weight is 236 g/mol. The third-order valence-corrected chi connectivity index (χ3v) is 1.57. The molecule has 0 fully saturated rings. The molecule has 2 aromatic rings. The molecule has 1 radical (unpaired) electrons. The van der Waals surface area contributed by atoms with Crippen molar-refractivity contribution in [3.63, 3.8) is 0 Å². The standard InChI is InChI=1S/C9H7O2.Y/c10-6-8-5-7-3-1-2-4-9(7)11-8;/h2-5,10H,6H2;/q-1;. The summed E-state index contributed by atoms with van der Waals surface area (Å²) >= 11 is 0. The Morgan fingerprint density at radius 2 is 2.33 bits per heavy atom. The molecule has 1 heterocycles. The van der Waals surface area contributed by atoms with Crippen molar-refractivity contribution in [2.75, 3.05) is 0 Å². The van der Waals surface area contributed by atoms with Crippen LogP contribution in [0.1, 0.15) is 5.76 Å². The van der Waals surface area contributed by atoms with Gasteiger partial charge >= 0.3 is 0 Å². The van der Waals surface area contributed by atoms with Crippen LogP contribution in [0.5, 0.6) is 0 Å². The van der Waals surface area contributed by atoms with Crippen LogP contribution in [-0.4, -0.2) is 5.11 Å². The SMILES string of the molecule is OCc1cc2c[c-]ccc2o1.[Y]. The minimum Gasteiger partial charge on any atom is -0.485 e. The molecule has 0 bridgehead atoms.